The van der Waals surface area contributed by atoms with Crippen molar-refractivity contribution in [2.45, 2.75) is 32.6 Å². The normalized spacial score (nSPS) is 20.2. The van der Waals surface area contributed by atoms with Crippen LogP contribution in [0.3, 0.4) is 0 Å². The van der Waals surface area contributed by atoms with E-state index in [2.05, 4.69) is 19.2 Å². The van der Waals surface area contributed by atoms with Crippen molar-refractivity contribution >= 4 is 34.0 Å². The van der Waals surface area contributed by atoms with E-state index in [9.17, 15) is 9.59 Å². The minimum absolute atomic E-state index is 0.0480. The molecule has 0 bridgehead atoms. The molecular formula is C24H20ClNO3. The number of anilines is 1. The highest BCUT2D eigenvalue weighted by molar-refractivity contribution is 6.31. The topological polar surface area (TPSA) is 59.3 Å². The van der Waals surface area contributed by atoms with Crippen LogP contribution >= 0.6 is 11.6 Å². The predicted molar refractivity (Wildman–Crippen MR) is 114 cm³/mol. The Morgan fingerprint density at radius 1 is 1.03 bits per heavy atom. The lowest BCUT2D eigenvalue weighted by Crippen LogP contribution is -2.36. The number of hydrogen-bond donors (Lipinski definition) is 1. The molecular weight excluding hydrogens is 386 g/mol. The number of Topliss-reactive ketones (excluding diaryl/α,β-unsaturated/α-hetero) is 1. The second-order valence-electron chi connectivity index (χ2n) is 8.59. The number of halogens is 1. The fourth-order valence-electron chi connectivity index (χ4n) is 4.66. The number of nitrogens with one attached hydrogen (secondary N) is 1. The van der Waals surface area contributed by atoms with E-state index in [1.54, 1.807) is 12.1 Å². The molecule has 5 rings (SSSR count). The zero-order valence-electron chi connectivity index (χ0n) is 16.2. The van der Waals surface area contributed by atoms with Crippen molar-refractivity contribution in [1.29, 1.82) is 0 Å². The molecule has 0 fully saturated rings. The molecule has 1 aliphatic heterocycles. The van der Waals surface area contributed by atoms with Gasteiger partial charge in [0, 0.05) is 34.0 Å². The molecule has 1 aromatic heterocycles. The molecule has 0 radical (unpaired) electrons. The molecule has 146 valence electrons. The summed E-state index contributed by atoms with van der Waals surface area (Å²) in [5.74, 6) is -0.494. The number of carbonyl (C=O) groups excluding carboxylic acids is 1. The molecule has 2 aliphatic rings. The van der Waals surface area contributed by atoms with Gasteiger partial charge in [-0.05, 0) is 35.6 Å². The van der Waals surface area contributed by atoms with E-state index in [0.29, 0.717) is 33.9 Å². The van der Waals surface area contributed by atoms with Gasteiger partial charge in [0.1, 0.15) is 5.58 Å². The minimum Gasteiger partial charge on any atom is -0.422 e. The third-order valence-electron chi connectivity index (χ3n) is 5.84. The van der Waals surface area contributed by atoms with Crippen LogP contribution in [-0.4, -0.2) is 5.78 Å². The predicted octanol–water partition coefficient (Wildman–Crippen LogP) is 5.65. The van der Waals surface area contributed by atoms with E-state index < -0.39 is 11.5 Å². The maximum Gasteiger partial charge on any atom is 0.342 e. The second kappa shape index (κ2) is 6.33. The monoisotopic (exact) mass is 405 g/mol. The zero-order valence-corrected chi connectivity index (χ0v) is 17.0. The molecule has 1 N–H and O–H groups in total. The molecule has 0 saturated carbocycles. The van der Waals surface area contributed by atoms with Crippen molar-refractivity contribution in [1.82, 2.24) is 0 Å². The molecule has 0 spiro atoms. The van der Waals surface area contributed by atoms with Gasteiger partial charge in [0.25, 0.3) is 0 Å². The van der Waals surface area contributed by atoms with E-state index in [1.165, 1.54) is 0 Å². The van der Waals surface area contributed by atoms with Crippen LogP contribution in [0.4, 0.5) is 5.69 Å². The van der Waals surface area contributed by atoms with Gasteiger partial charge in [0.05, 0.1) is 11.3 Å². The largest absolute Gasteiger partial charge is 0.422 e. The summed E-state index contributed by atoms with van der Waals surface area (Å²) in [6.07, 6.45) is 1.16. The molecule has 0 saturated heterocycles. The average molecular weight is 406 g/mol. The second-order valence-corrected chi connectivity index (χ2v) is 8.99. The lowest BCUT2D eigenvalue weighted by Gasteiger charge is -2.39. The van der Waals surface area contributed by atoms with E-state index in [4.69, 9.17) is 16.0 Å². The number of para-hydroxylation sites is 1. The van der Waals surface area contributed by atoms with Crippen LogP contribution in [0.25, 0.3) is 11.0 Å². The molecule has 5 heteroatoms. The van der Waals surface area contributed by atoms with Crippen molar-refractivity contribution in [2.75, 3.05) is 5.32 Å². The summed E-state index contributed by atoms with van der Waals surface area (Å²) < 4.78 is 5.64. The van der Waals surface area contributed by atoms with Gasteiger partial charge in [-0.15, -0.1) is 0 Å². The minimum atomic E-state index is -0.542. The van der Waals surface area contributed by atoms with Crippen LogP contribution in [-0.2, 0) is 4.79 Å². The Balaban J connectivity index is 1.87. The zero-order chi connectivity index (χ0) is 20.3. The summed E-state index contributed by atoms with van der Waals surface area (Å²) in [5, 5.41) is 4.79. The van der Waals surface area contributed by atoms with Crippen molar-refractivity contribution < 1.29 is 9.21 Å². The fraction of sp³-hybridized carbons (Fsp3) is 0.250. The highest BCUT2D eigenvalue weighted by Crippen LogP contribution is 2.50. The van der Waals surface area contributed by atoms with Gasteiger partial charge in [0.15, 0.2) is 5.78 Å². The molecule has 2 aromatic carbocycles. The van der Waals surface area contributed by atoms with Gasteiger partial charge in [-0.1, -0.05) is 55.8 Å². The van der Waals surface area contributed by atoms with Gasteiger partial charge < -0.3 is 9.73 Å². The quantitative estimate of drug-likeness (QED) is 0.531. The lowest BCUT2D eigenvalue weighted by molar-refractivity contribution is -0.118. The highest BCUT2D eigenvalue weighted by Gasteiger charge is 2.43. The Morgan fingerprint density at radius 2 is 1.76 bits per heavy atom. The van der Waals surface area contributed by atoms with Gasteiger partial charge in [-0.25, -0.2) is 4.79 Å². The Hall–Kier alpha value is -2.85. The van der Waals surface area contributed by atoms with Crippen molar-refractivity contribution in [3.05, 3.63) is 86.4 Å². The van der Waals surface area contributed by atoms with Crippen molar-refractivity contribution in [3.8, 4) is 0 Å². The number of carbonyl (C=O) groups is 1. The third kappa shape index (κ3) is 2.82. The number of fused-ring (bicyclic) bond motifs is 3. The van der Waals surface area contributed by atoms with Crippen LogP contribution in [0, 0.1) is 5.41 Å². The number of rotatable bonds is 1. The summed E-state index contributed by atoms with van der Waals surface area (Å²) in [4.78, 5) is 26.3. The van der Waals surface area contributed by atoms with E-state index in [1.807, 2.05) is 36.4 Å². The van der Waals surface area contributed by atoms with E-state index in [-0.39, 0.29) is 11.2 Å². The Kier molecular flexibility index (Phi) is 3.97. The smallest absolute Gasteiger partial charge is 0.342 e. The first-order chi connectivity index (χ1) is 13.9. The molecule has 1 unspecified atom stereocenters. The standard InChI is InChI=1S/C24H20ClNO3/c1-24(2)11-16-20(17(27)12-24)19(13-7-3-5-9-15(13)25)21-22(26-16)14-8-4-6-10-18(14)29-23(21)28/h3-10,19,26H,11-12H2,1-2H3. The van der Waals surface area contributed by atoms with Gasteiger partial charge >= 0.3 is 5.63 Å². The number of allylic oxidation sites excluding steroid dienone is 2. The fourth-order valence-corrected chi connectivity index (χ4v) is 4.90. The maximum absolute atomic E-state index is 13.3. The van der Waals surface area contributed by atoms with Crippen molar-refractivity contribution in [2.24, 2.45) is 5.41 Å². The van der Waals surface area contributed by atoms with Crippen LogP contribution in [0.1, 0.15) is 43.7 Å². The van der Waals surface area contributed by atoms with Crippen LogP contribution in [0.15, 0.2) is 69.0 Å². The lowest BCUT2D eigenvalue weighted by atomic mass is 9.69. The summed E-state index contributed by atoms with van der Waals surface area (Å²) in [6.45, 7) is 4.18. The summed E-state index contributed by atoms with van der Waals surface area (Å²) >= 11 is 6.54. The van der Waals surface area contributed by atoms with Gasteiger partial charge in [-0.3, -0.25) is 4.79 Å². The number of hydrogen-bond acceptors (Lipinski definition) is 4. The Bertz CT molecular complexity index is 1270. The van der Waals surface area contributed by atoms with Crippen LogP contribution < -0.4 is 10.9 Å². The number of benzene rings is 2. The van der Waals surface area contributed by atoms with E-state index >= 15 is 0 Å². The third-order valence-corrected chi connectivity index (χ3v) is 6.18. The molecule has 3 aromatic rings. The van der Waals surface area contributed by atoms with Crippen LogP contribution in [0.2, 0.25) is 5.02 Å². The summed E-state index contributed by atoms with van der Waals surface area (Å²) in [6, 6.07) is 14.9. The average Bonchev–Trinajstić information content (AvgIpc) is 2.66. The highest BCUT2D eigenvalue weighted by atomic mass is 35.5. The van der Waals surface area contributed by atoms with Gasteiger partial charge in [0.2, 0.25) is 0 Å². The SMILES string of the molecule is CC1(C)CC(=O)C2=C(C1)Nc1c(c(=O)oc3ccccc13)C2c1ccccc1Cl. The summed E-state index contributed by atoms with van der Waals surface area (Å²) in [7, 11) is 0. The van der Waals surface area contributed by atoms with Crippen LogP contribution in [0.5, 0.6) is 0 Å². The van der Waals surface area contributed by atoms with Crippen molar-refractivity contribution in [3.63, 3.8) is 0 Å². The first kappa shape index (κ1) is 18.2. The molecule has 2 heterocycles. The molecule has 4 nitrogen and oxygen atoms in total. The molecule has 29 heavy (non-hydrogen) atoms. The van der Waals surface area contributed by atoms with Gasteiger partial charge in [-0.2, -0.15) is 0 Å². The Morgan fingerprint density at radius 3 is 2.55 bits per heavy atom. The summed E-state index contributed by atoms with van der Waals surface area (Å²) in [5.41, 5.74) is 3.34. The molecule has 1 atom stereocenters. The number of ketones is 1. The first-order valence-electron chi connectivity index (χ1n) is 9.69. The molecule has 0 amide bonds. The maximum atomic E-state index is 13.3. The van der Waals surface area contributed by atoms with E-state index in [0.717, 1.165) is 23.1 Å². The first-order valence-corrected chi connectivity index (χ1v) is 10.1. The molecule has 1 aliphatic carbocycles. The Labute approximate surface area is 173 Å².